The van der Waals surface area contributed by atoms with Gasteiger partial charge in [-0.1, -0.05) is 31.0 Å². The van der Waals surface area contributed by atoms with E-state index in [4.69, 9.17) is 31.1 Å². The Morgan fingerprint density at radius 3 is 2.47 bits per heavy atom. The van der Waals surface area contributed by atoms with Crippen LogP contribution >= 0.6 is 12.4 Å². The summed E-state index contributed by atoms with van der Waals surface area (Å²) >= 11 is 0. The van der Waals surface area contributed by atoms with Gasteiger partial charge in [0, 0.05) is 12.0 Å². The van der Waals surface area contributed by atoms with E-state index in [1.165, 1.54) is 6.07 Å². The molecule has 170 valence electrons. The summed E-state index contributed by atoms with van der Waals surface area (Å²) in [5.41, 5.74) is 12.2. The molecule has 0 aliphatic heterocycles. The molecule has 1 unspecified atom stereocenters. The predicted molar refractivity (Wildman–Crippen MR) is 124 cm³/mol. The molecule has 6 N–H and O–H groups in total. The number of hydrogen-bond donors (Lipinski definition) is 4. The minimum absolute atomic E-state index is 0. The number of amidine groups is 1. The second-order valence-corrected chi connectivity index (χ2v) is 7.33. The first-order valence-corrected chi connectivity index (χ1v) is 10.0. The van der Waals surface area contributed by atoms with Gasteiger partial charge < -0.3 is 25.7 Å². The highest BCUT2D eigenvalue weighted by molar-refractivity contribution is 5.99. The quantitative estimate of drug-likeness (QED) is 0.115. The van der Waals surface area contributed by atoms with Gasteiger partial charge in [0.1, 0.15) is 17.3 Å². The van der Waals surface area contributed by atoms with Gasteiger partial charge in [-0.25, -0.2) is 4.79 Å². The van der Waals surface area contributed by atoms with Crippen LogP contribution in [0.5, 0.6) is 5.75 Å². The third-order valence-corrected chi connectivity index (χ3v) is 4.93. The average molecular weight is 460 g/mol. The highest BCUT2D eigenvalue weighted by Gasteiger charge is 2.17. The number of unbranched alkanes of at least 4 members (excludes halogenated alkanes) is 2. The van der Waals surface area contributed by atoms with Crippen molar-refractivity contribution in [3.63, 3.8) is 0 Å². The number of halogens is 1. The van der Waals surface area contributed by atoms with E-state index in [2.05, 4.69) is 0 Å². The zero-order valence-electron chi connectivity index (χ0n) is 17.4. The van der Waals surface area contributed by atoms with E-state index < -0.39 is 11.9 Å². The van der Waals surface area contributed by atoms with Gasteiger partial charge in [-0.3, -0.25) is 10.2 Å². The number of ether oxygens (including phenoxy) is 1. The van der Waals surface area contributed by atoms with Gasteiger partial charge in [0.2, 0.25) is 5.76 Å². The zero-order chi connectivity index (χ0) is 22.4. The van der Waals surface area contributed by atoms with E-state index in [0.717, 1.165) is 23.6 Å². The van der Waals surface area contributed by atoms with Crippen molar-refractivity contribution in [1.29, 1.82) is 5.41 Å². The fourth-order valence-electron chi connectivity index (χ4n) is 3.23. The molecule has 0 spiro atoms. The van der Waals surface area contributed by atoms with Crippen LogP contribution in [0.3, 0.4) is 0 Å². The number of carbonyl (C=O) groups excluding carboxylic acids is 1. The monoisotopic (exact) mass is 459 g/mol. The number of aliphatic carboxylic acids is 1. The maximum atomic E-state index is 12.4. The Morgan fingerprint density at radius 2 is 1.75 bits per heavy atom. The Balaban J connectivity index is 0.00000363. The SMILES string of the molecule is Cl.N=C(N)c1ccc2cc(OC(=O)c3ccc(C(N)CCCCCC(=O)O)o3)ccc2c1. The predicted octanol–water partition coefficient (Wildman–Crippen LogP) is 4.39. The van der Waals surface area contributed by atoms with E-state index in [1.54, 1.807) is 36.4 Å². The molecule has 8 nitrogen and oxygen atoms in total. The number of nitrogens with two attached hydrogens (primary N) is 2. The largest absolute Gasteiger partial charge is 0.481 e. The van der Waals surface area contributed by atoms with Gasteiger partial charge >= 0.3 is 11.9 Å². The highest BCUT2D eigenvalue weighted by Crippen LogP contribution is 2.24. The van der Waals surface area contributed by atoms with Crippen LogP contribution in [0, 0.1) is 5.41 Å². The second-order valence-electron chi connectivity index (χ2n) is 7.33. The molecule has 0 saturated carbocycles. The molecule has 0 saturated heterocycles. The summed E-state index contributed by atoms with van der Waals surface area (Å²) in [6, 6.07) is 13.3. The lowest BCUT2D eigenvalue weighted by molar-refractivity contribution is -0.137. The van der Waals surface area contributed by atoms with E-state index >= 15 is 0 Å². The molecular formula is C23H26ClN3O5. The van der Waals surface area contributed by atoms with Crippen LogP contribution in [0.1, 0.15) is 60.0 Å². The van der Waals surface area contributed by atoms with Crippen molar-refractivity contribution in [2.24, 2.45) is 11.5 Å². The number of nitrogens with one attached hydrogen (secondary N) is 1. The lowest BCUT2D eigenvalue weighted by Crippen LogP contribution is -2.10. The third-order valence-electron chi connectivity index (χ3n) is 4.93. The number of nitrogen functional groups attached to an aromatic ring is 1. The second kappa shape index (κ2) is 11.3. The molecule has 0 aliphatic carbocycles. The summed E-state index contributed by atoms with van der Waals surface area (Å²) in [5, 5.41) is 17.9. The molecule has 3 aromatic rings. The molecule has 9 heteroatoms. The average Bonchev–Trinajstić information content (AvgIpc) is 3.23. The Hall–Kier alpha value is -3.36. The van der Waals surface area contributed by atoms with Gasteiger partial charge in [-0.2, -0.15) is 0 Å². The Morgan fingerprint density at radius 1 is 1.03 bits per heavy atom. The minimum Gasteiger partial charge on any atom is -0.481 e. The maximum Gasteiger partial charge on any atom is 0.379 e. The summed E-state index contributed by atoms with van der Waals surface area (Å²) in [6.07, 6.45) is 2.94. The van der Waals surface area contributed by atoms with Crippen molar-refractivity contribution in [2.45, 2.75) is 38.1 Å². The first kappa shape index (κ1) is 24.9. The number of carboxylic acid groups (broad SMARTS) is 1. The lowest BCUT2D eigenvalue weighted by Gasteiger charge is -2.08. The van der Waals surface area contributed by atoms with Gasteiger partial charge in [-0.05, 0) is 53.9 Å². The highest BCUT2D eigenvalue weighted by atomic mass is 35.5. The van der Waals surface area contributed by atoms with E-state index in [1.807, 2.05) is 6.07 Å². The van der Waals surface area contributed by atoms with Gasteiger partial charge in [0.15, 0.2) is 0 Å². The summed E-state index contributed by atoms with van der Waals surface area (Å²) in [5.74, 6) is -0.521. The van der Waals surface area contributed by atoms with Crippen LogP contribution in [0.25, 0.3) is 10.8 Å². The number of esters is 1. The van der Waals surface area contributed by atoms with E-state index in [9.17, 15) is 9.59 Å². The Kier molecular flexibility index (Phi) is 8.80. The molecular weight excluding hydrogens is 434 g/mol. The number of hydrogen-bond acceptors (Lipinski definition) is 6. The van der Waals surface area contributed by atoms with Crippen molar-refractivity contribution >= 4 is 41.0 Å². The summed E-state index contributed by atoms with van der Waals surface area (Å²) < 4.78 is 11.0. The van der Waals surface area contributed by atoms with Crippen molar-refractivity contribution < 1.29 is 23.8 Å². The van der Waals surface area contributed by atoms with Crippen LogP contribution in [0.2, 0.25) is 0 Å². The van der Waals surface area contributed by atoms with Gasteiger partial charge in [-0.15, -0.1) is 12.4 Å². The first-order valence-electron chi connectivity index (χ1n) is 10.0. The minimum atomic E-state index is -0.800. The molecule has 1 aromatic heterocycles. The van der Waals surface area contributed by atoms with Gasteiger partial charge in [0.25, 0.3) is 0 Å². The van der Waals surface area contributed by atoms with E-state index in [-0.39, 0.29) is 36.5 Å². The number of fused-ring (bicyclic) bond motifs is 1. The van der Waals surface area contributed by atoms with Crippen LogP contribution in [-0.2, 0) is 4.79 Å². The standard InChI is InChI=1S/C23H25N3O5.ClH/c24-18(4-2-1-3-5-21(27)28)19-10-11-20(31-19)23(29)30-17-9-8-14-12-16(22(25)26)7-6-15(14)13-17;/h6-13,18H,1-5,24H2,(H3,25,26)(H,27,28);1H. The smallest absolute Gasteiger partial charge is 0.379 e. The third kappa shape index (κ3) is 6.57. The fraction of sp³-hybridized carbons (Fsp3) is 0.261. The summed E-state index contributed by atoms with van der Waals surface area (Å²) in [7, 11) is 0. The van der Waals surface area contributed by atoms with Gasteiger partial charge in [0.05, 0.1) is 6.04 Å². The van der Waals surface area contributed by atoms with Crippen molar-refractivity contribution in [2.75, 3.05) is 0 Å². The topological polar surface area (TPSA) is 153 Å². The molecule has 0 fully saturated rings. The molecule has 2 aromatic carbocycles. The summed E-state index contributed by atoms with van der Waals surface area (Å²) in [6.45, 7) is 0. The normalized spacial score (nSPS) is 11.5. The molecule has 1 heterocycles. The van der Waals surface area contributed by atoms with Crippen molar-refractivity contribution in [3.8, 4) is 5.75 Å². The molecule has 0 amide bonds. The van der Waals surface area contributed by atoms with Crippen LogP contribution in [0.15, 0.2) is 52.9 Å². The number of carbonyl (C=O) groups is 2. The number of furan rings is 1. The fourth-order valence-corrected chi connectivity index (χ4v) is 3.23. The van der Waals surface area contributed by atoms with Crippen LogP contribution < -0.4 is 16.2 Å². The molecule has 0 bridgehead atoms. The van der Waals surface area contributed by atoms with Crippen molar-refractivity contribution in [3.05, 3.63) is 65.6 Å². The van der Waals surface area contributed by atoms with Crippen LogP contribution in [0.4, 0.5) is 0 Å². The molecule has 0 aliphatic rings. The molecule has 32 heavy (non-hydrogen) atoms. The van der Waals surface area contributed by atoms with Crippen LogP contribution in [-0.4, -0.2) is 22.9 Å². The first-order chi connectivity index (χ1) is 14.8. The number of benzene rings is 2. The lowest BCUT2D eigenvalue weighted by atomic mass is 10.1. The Bertz CT molecular complexity index is 1110. The summed E-state index contributed by atoms with van der Waals surface area (Å²) in [4.78, 5) is 23.0. The number of rotatable bonds is 10. The zero-order valence-corrected chi connectivity index (χ0v) is 18.2. The molecule has 3 rings (SSSR count). The number of carboxylic acids is 1. The maximum absolute atomic E-state index is 12.4. The molecule has 1 atom stereocenters. The van der Waals surface area contributed by atoms with E-state index in [0.29, 0.717) is 29.9 Å². The Labute approximate surface area is 191 Å². The molecule has 0 radical (unpaired) electrons. The van der Waals surface area contributed by atoms with Crippen molar-refractivity contribution in [1.82, 2.24) is 0 Å².